The first-order valence-corrected chi connectivity index (χ1v) is 4.58. The maximum absolute atomic E-state index is 13.6. The maximum atomic E-state index is 13.6. The highest BCUT2D eigenvalue weighted by atomic mass is 19.1. The molecule has 0 aliphatic carbocycles. The van der Waals surface area contributed by atoms with Crippen molar-refractivity contribution >= 4 is 6.09 Å². The van der Waals surface area contributed by atoms with Crippen molar-refractivity contribution in [2.45, 2.75) is 6.04 Å². The molecule has 4 nitrogen and oxygen atoms in total. The van der Waals surface area contributed by atoms with Crippen molar-refractivity contribution in [3.05, 3.63) is 29.3 Å². The first kappa shape index (κ1) is 10.7. The maximum Gasteiger partial charge on any atom is 0.407 e. The SMILES string of the molecule is COc1cc(F)c([C@H]2COC(=O)N2)c(F)c1. The van der Waals surface area contributed by atoms with Gasteiger partial charge in [0.25, 0.3) is 0 Å². The fraction of sp³-hybridized carbons (Fsp3) is 0.300. The molecule has 1 atom stereocenters. The van der Waals surface area contributed by atoms with Crippen LogP contribution in [0, 0.1) is 11.6 Å². The van der Waals surface area contributed by atoms with Crippen molar-refractivity contribution < 1.29 is 23.0 Å². The Bertz CT molecular complexity index is 413. The summed E-state index contributed by atoms with van der Waals surface area (Å²) in [6.07, 6.45) is -0.681. The number of carbonyl (C=O) groups excluding carboxylic acids is 1. The molecule has 1 saturated heterocycles. The Hall–Kier alpha value is -1.85. The summed E-state index contributed by atoms with van der Waals surface area (Å²) < 4.78 is 36.4. The standard InChI is InChI=1S/C10H9F2NO3/c1-15-5-2-6(11)9(7(12)3-5)8-4-16-10(14)13-8/h2-3,8H,4H2,1H3,(H,13,14)/t8-/m1/s1. The third-order valence-electron chi connectivity index (χ3n) is 2.31. The zero-order valence-electron chi connectivity index (χ0n) is 8.42. The summed E-state index contributed by atoms with van der Waals surface area (Å²) >= 11 is 0. The molecule has 0 aromatic heterocycles. The lowest BCUT2D eigenvalue weighted by molar-refractivity contribution is 0.176. The number of rotatable bonds is 2. The van der Waals surface area contributed by atoms with Gasteiger partial charge < -0.3 is 14.8 Å². The molecule has 16 heavy (non-hydrogen) atoms. The van der Waals surface area contributed by atoms with Crippen LogP contribution in [0.1, 0.15) is 11.6 Å². The monoisotopic (exact) mass is 229 g/mol. The second-order valence-electron chi connectivity index (χ2n) is 3.30. The fourth-order valence-corrected chi connectivity index (χ4v) is 1.55. The zero-order valence-corrected chi connectivity index (χ0v) is 8.42. The topological polar surface area (TPSA) is 47.6 Å². The predicted molar refractivity (Wildman–Crippen MR) is 50.1 cm³/mol. The summed E-state index contributed by atoms with van der Waals surface area (Å²) in [7, 11) is 1.31. The number of halogens is 2. The number of alkyl carbamates (subject to hydrolysis) is 1. The molecule has 1 aromatic carbocycles. The van der Waals surface area contributed by atoms with Gasteiger partial charge in [-0.3, -0.25) is 0 Å². The third kappa shape index (κ3) is 1.78. The van der Waals surface area contributed by atoms with E-state index in [0.717, 1.165) is 12.1 Å². The minimum absolute atomic E-state index is 0.0843. The van der Waals surface area contributed by atoms with Crippen LogP contribution in [-0.2, 0) is 4.74 Å². The van der Waals surface area contributed by atoms with Crippen molar-refractivity contribution in [3.63, 3.8) is 0 Å². The summed E-state index contributed by atoms with van der Waals surface area (Å²) in [5.41, 5.74) is -0.216. The van der Waals surface area contributed by atoms with Gasteiger partial charge in [0.2, 0.25) is 0 Å². The first-order chi connectivity index (χ1) is 7.61. The van der Waals surface area contributed by atoms with Gasteiger partial charge in [0.1, 0.15) is 24.0 Å². The van der Waals surface area contributed by atoms with E-state index in [2.05, 4.69) is 10.1 Å². The van der Waals surface area contributed by atoms with E-state index in [0.29, 0.717) is 0 Å². The zero-order chi connectivity index (χ0) is 11.7. The Kier molecular flexibility index (Phi) is 2.64. The van der Waals surface area contributed by atoms with Crippen molar-refractivity contribution in [2.24, 2.45) is 0 Å². The van der Waals surface area contributed by atoms with Gasteiger partial charge in [0, 0.05) is 17.7 Å². The number of amides is 1. The largest absolute Gasteiger partial charge is 0.497 e. The molecule has 0 radical (unpaired) electrons. The lowest BCUT2D eigenvalue weighted by Crippen LogP contribution is -2.20. The normalized spacial score (nSPS) is 19.2. The van der Waals surface area contributed by atoms with Crippen LogP contribution in [0.15, 0.2) is 12.1 Å². The second kappa shape index (κ2) is 3.96. The third-order valence-corrected chi connectivity index (χ3v) is 2.31. The van der Waals surface area contributed by atoms with E-state index >= 15 is 0 Å². The number of nitrogens with one attached hydrogen (secondary N) is 1. The Labute approximate surface area is 90.2 Å². The summed E-state index contributed by atoms with van der Waals surface area (Å²) in [4.78, 5) is 10.8. The van der Waals surface area contributed by atoms with E-state index < -0.39 is 23.8 Å². The van der Waals surface area contributed by atoms with Crippen LogP contribution in [0.2, 0.25) is 0 Å². The van der Waals surface area contributed by atoms with Gasteiger partial charge in [0.05, 0.1) is 13.2 Å². The first-order valence-electron chi connectivity index (χ1n) is 4.58. The molecule has 1 aliphatic heterocycles. The fourth-order valence-electron chi connectivity index (χ4n) is 1.55. The number of benzene rings is 1. The predicted octanol–water partition coefficient (Wildman–Crippen LogP) is 1.75. The van der Waals surface area contributed by atoms with Crippen LogP contribution in [0.4, 0.5) is 13.6 Å². The van der Waals surface area contributed by atoms with Crippen molar-refractivity contribution in [2.75, 3.05) is 13.7 Å². The molecular formula is C10H9F2NO3. The van der Waals surface area contributed by atoms with E-state index in [4.69, 9.17) is 4.74 Å². The number of carbonyl (C=O) groups is 1. The summed E-state index contributed by atoms with van der Waals surface area (Å²) in [5, 5.41) is 2.31. The molecule has 1 aliphatic rings. The molecule has 1 heterocycles. The quantitative estimate of drug-likeness (QED) is 0.840. The molecule has 1 amide bonds. The van der Waals surface area contributed by atoms with Gasteiger partial charge in [-0.25, -0.2) is 13.6 Å². The van der Waals surface area contributed by atoms with Crippen molar-refractivity contribution in [1.29, 1.82) is 0 Å². The summed E-state index contributed by atoms with van der Waals surface area (Å²) in [6, 6.07) is 1.32. The van der Waals surface area contributed by atoms with E-state index in [1.807, 2.05) is 0 Å². The number of ether oxygens (including phenoxy) is 2. The average Bonchev–Trinajstić information content (AvgIpc) is 2.63. The molecular weight excluding hydrogens is 220 g/mol. The Balaban J connectivity index is 2.37. The van der Waals surface area contributed by atoms with Crippen LogP contribution >= 0.6 is 0 Å². The van der Waals surface area contributed by atoms with Gasteiger partial charge in [-0.1, -0.05) is 0 Å². The lowest BCUT2D eigenvalue weighted by atomic mass is 10.1. The molecule has 1 aromatic rings. The van der Waals surface area contributed by atoms with Crippen LogP contribution in [0.3, 0.4) is 0 Å². The highest BCUT2D eigenvalue weighted by Crippen LogP contribution is 2.27. The van der Waals surface area contributed by atoms with Crippen LogP contribution in [-0.4, -0.2) is 19.8 Å². The smallest absolute Gasteiger partial charge is 0.407 e. The van der Waals surface area contributed by atoms with E-state index in [-0.39, 0.29) is 17.9 Å². The van der Waals surface area contributed by atoms with Gasteiger partial charge in [-0.15, -0.1) is 0 Å². The number of methoxy groups -OCH3 is 1. The number of hydrogen-bond donors (Lipinski definition) is 1. The molecule has 86 valence electrons. The summed E-state index contributed by atoms with van der Waals surface area (Å²) in [5.74, 6) is -1.45. The van der Waals surface area contributed by atoms with Crippen LogP contribution in [0.25, 0.3) is 0 Å². The van der Waals surface area contributed by atoms with E-state index in [1.54, 1.807) is 0 Å². The molecule has 0 saturated carbocycles. The minimum atomic E-state index is -0.793. The summed E-state index contributed by atoms with van der Waals surface area (Å²) in [6.45, 7) is -0.0843. The number of hydrogen-bond acceptors (Lipinski definition) is 3. The van der Waals surface area contributed by atoms with Gasteiger partial charge in [-0.05, 0) is 0 Å². The Morgan fingerprint density at radius 1 is 1.44 bits per heavy atom. The van der Waals surface area contributed by atoms with Gasteiger partial charge in [-0.2, -0.15) is 0 Å². The molecule has 6 heteroatoms. The van der Waals surface area contributed by atoms with E-state index in [1.165, 1.54) is 7.11 Å². The minimum Gasteiger partial charge on any atom is -0.497 e. The second-order valence-corrected chi connectivity index (χ2v) is 3.30. The Morgan fingerprint density at radius 2 is 2.06 bits per heavy atom. The number of cyclic esters (lactones) is 1. The van der Waals surface area contributed by atoms with Crippen molar-refractivity contribution in [3.8, 4) is 5.75 Å². The average molecular weight is 229 g/mol. The highest BCUT2D eigenvalue weighted by molar-refractivity contribution is 5.70. The van der Waals surface area contributed by atoms with Crippen LogP contribution < -0.4 is 10.1 Å². The van der Waals surface area contributed by atoms with Gasteiger partial charge >= 0.3 is 6.09 Å². The lowest BCUT2D eigenvalue weighted by Gasteiger charge is -2.11. The molecule has 1 fully saturated rings. The van der Waals surface area contributed by atoms with E-state index in [9.17, 15) is 13.6 Å². The molecule has 0 bridgehead atoms. The molecule has 1 N–H and O–H groups in total. The molecule has 0 unspecified atom stereocenters. The highest BCUT2D eigenvalue weighted by Gasteiger charge is 2.29. The Morgan fingerprint density at radius 3 is 2.50 bits per heavy atom. The van der Waals surface area contributed by atoms with Crippen molar-refractivity contribution in [1.82, 2.24) is 5.32 Å². The van der Waals surface area contributed by atoms with Gasteiger partial charge in [0.15, 0.2) is 0 Å². The van der Waals surface area contributed by atoms with Crippen LogP contribution in [0.5, 0.6) is 5.75 Å². The molecule has 2 rings (SSSR count). The molecule has 0 spiro atoms.